The molecule has 0 aliphatic carbocycles. The molecule has 0 unspecified atom stereocenters. The molecule has 0 saturated heterocycles. The Morgan fingerprint density at radius 1 is 1.24 bits per heavy atom. The first-order chi connectivity index (χ1) is 7.64. The number of hydrogen-bond acceptors (Lipinski definition) is 3. The molecule has 1 aromatic rings. The van der Waals surface area contributed by atoms with Crippen LogP contribution in [0.4, 0.5) is 0 Å². The van der Waals surface area contributed by atoms with E-state index in [0.717, 1.165) is 7.14 Å². The molecule has 0 aliphatic heterocycles. The van der Waals surface area contributed by atoms with Gasteiger partial charge in [-0.2, -0.15) is 0 Å². The maximum atomic E-state index is 10.2. The SMILES string of the molecule is CC(C)(C)[C@H](O)[C@H](N)c1cc(I)cc(I)c1O. The smallest absolute Gasteiger partial charge is 0.133 e. The fraction of sp³-hybridized carbons (Fsp3) is 0.500. The summed E-state index contributed by atoms with van der Waals surface area (Å²) in [6.07, 6.45) is -0.706. The van der Waals surface area contributed by atoms with Crippen LogP contribution in [0.2, 0.25) is 0 Å². The monoisotopic (exact) mass is 461 g/mol. The minimum Gasteiger partial charge on any atom is -0.506 e. The number of benzene rings is 1. The molecule has 1 rings (SSSR count). The summed E-state index contributed by atoms with van der Waals surface area (Å²) in [6, 6.07) is 3.10. The third-order valence-corrected chi connectivity index (χ3v) is 4.09. The second-order valence-electron chi connectivity index (χ2n) is 5.16. The van der Waals surface area contributed by atoms with Gasteiger partial charge in [-0.15, -0.1) is 0 Å². The second kappa shape index (κ2) is 5.58. The number of phenolic OH excluding ortho intramolecular Hbond substituents is 1. The van der Waals surface area contributed by atoms with Gasteiger partial charge in [0, 0.05) is 9.13 Å². The van der Waals surface area contributed by atoms with Crippen LogP contribution in [0.25, 0.3) is 0 Å². The van der Waals surface area contributed by atoms with E-state index in [9.17, 15) is 10.2 Å². The average molecular weight is 461 g/mol. The summed E-state index contributed by atoms with van der Waals surface area (Å²) in [7, 11) is 0. The van der Waals surface area contributed by atoms with Crippen LogP contribution in [-0.4, -0.2) is 16.3 Å². The molecule has 4 N–H and O–H groups in total. The molecular formula is C12H17I2NO2. The standard InChI is InChI=1S/C12H17I2NO2/c1-12(2,3)11(17)9(15)7-4-6(13)5-8(14)10(7)16/h4-5,9,11,16-17H,15H2,1-3H3/t9-,11-/m1/s1. The zero-order chi connectivity index (χ0) is 13.4. The van der Waals surface area contributed by atoms with E-state index in [1.807, 2.05) is 32.9 Å². The van der Waals surface area contributed by atoms with Gasteiger partial charge < -0.3 is 15.9 Å². The summed E-state index contributed by atoms with van der Waals surface area (Å²) in [5, 5.41) is 20.2. The van der Waals surface area contributed by atoms with Crippen molar-refractivity contribution in [2.24, 2.45) is 11.1 Å². The Labute approximate surface area is 129 Å². The van der Waals surface area contributed by atoms with Crippen LogP contribution in [-0.2, 0) is 0 Å². The number of aliphatic hydroxyl groups is 1. The molecule has 2 atom stereocenters. The molecule has 0 heterocycles. The Kier molecular flexibility index (Phi) is 5.07. The van der Waals surface area contributed by atoms with Crippen LogP contribution in [0.1, 0.15) is 32.4 Å². The number of halogens is 2. The van der Waals surface area contributed by atoms with Crippen molar-refractivity contribution in [1.82, 2.24) is 0 Å². The van der Waals surface area contributed by atoms with Crippen molar-refractivity contribution in [3.8, 4) is 5.75 Å². The summed E-state index contributed by atoms with van der Waals surface area (Å²) in [4.78, 5) is 0. The normalized spacial score (nSPS) is 15.7. The van der Waals surface area contributed by atoms with E-state index in [1.54, 1.807) is 0 Å². The van der Waals surface area contributed by atoms with Crippen LogP contribution in [0.5, 0.6) is 5.75 Å². The lowest BCUT2D eigenvalue weighted by atomic mass is 9.82. The summed E-state index contributed by atoms with van der Waals surface area (Å²) < 4.78 is 1.75. The van der Waals surface area contributed by atoms with Crippen molar-refractivity contribution in [2.75, 3.05) is 0 Å². The van der Waals surface area contributed by atoms with Gasteiger partial charge in [0.25, 0.3) is 0 Å². The third kappa shape index (κ3) is 3.68. The minimum atomic E-state index is -0.706. The largest absolute Gasteiger partial charge is 0.506 e. The van der Waals surface area contributed by atoms with Crippen molar-refractivity contribution in [3.05, 3.63) is 24.8 Å². The Hall–Kier alpha value is 0.400. The van der Waals surface area contributed by atoms with Gasteiger partial charge in [0.1, 0.15) is 5.75 Å². The number of nitrogens with two attached hydrogens (primary N) is 1. The Bertz CT molecular complexity index is 416. The Balaban J connectivity index is 3.17. The van der Waals surface area contributed by atoms with Gasteiger partial charge in [0.2, 0.25) is 0 Å². The summed E-state index contributed by atoms with van der Waals surface area (Å²) >= 11 is 4.23. The molecular weight excluding hydrogens is 444 g/mol. The number of rotatable bonds is 2. The molecule has 0 spiro atoms. The number of hydrogen-bond donors (Lipinski definition) is 3. The Morgan fingerprint density at radius 3 is 2.24 bits per heavy atom. The highest BCUT2D eigenvalue weighted by atomic mass is 127. The van der Waals surface area contributed by atoms with Crippen molar-refractivity contribution in [3.63, 3.8) is 0 Å². The van der Waals surface area contributed by atoms with E-state index in [2.05, 4.69) is 45.2 Å². The van der Waals surface area contributed by atoms with Gasteiger partial charge in [-0.1, -0.05) is 20.8 Å². The van der Waals surface area contributed by atoms with Crippen molar-refractivity contribution in [1.29, 1.82) is 0 Å². The molecule has 0 fully saturated rings. The number of aromatic hydroxyl groups is 1. The minimum absolute atomic E-state index is 0.168. The quantitative estimate of drug-likeness (QED) is 0.594. The molecule has 1 aromatic carbocycles. The van der Waals surface area contributed by atoms with Crippen molar-refractivity contribution in [2.45, 2.75) is 32.9 Å². The third-order valence-electron chi connectivity index (χ3n) is 2.64. The summed E-state index contributed by atoms with van der Waals surface area (Å²) in [5.74, 6) is 0.168. The van der Waals surface area contributed by atoms with E-state index >= 15 is 0 Å². The molecule has 0 aliphatic rings. The van der Waals surface area contributed by atoms with Crippen molar-refractivity contribution >= 4 is 45.2 Å². The maximum absolute atomic E-state index is 10.2. The van der Waals surface area contributed by atoms with E-state index in [0.29, 0.717) is 5.56 Å². The van der Waals surface area contributed by atoms with E-state index < -0.39 is 12.1 Å². The highest BCUT2D eigenvalue weighted by molar-refractivity contribution is 14.1. The molecule has 0 amide bonds. The maximum Gasteiger partial charge on any atom is 0.133 e. The molecule has 17 heavy (non-hydrogen) atoms. The topological polar surface area (TPSA) is 66.5 Å². The van der Waals surface area contributed by atoms with Gasteiger partial charge in [-0.05, 0) is 62.7 Å². The van der Waals surface area contributed by atoms with Crippen molar-refractivity contribution < 1.29 is 10.2 Å². The first kappa shape index (κ1) is 15.5. The van der Waals surface area contributed by atoms with Crippen LogP contribution in [0.3, 0.4) is 0 Å². The molecule has 3 nitrogen and oxygen atoms in total. The lowest BCUT2D eigenvalue weighted by Crippen LogP contribution is -2.37. The average Bonchev–Trinajstić information content (AvgIpc) is 2.20. The van der Waals surface area contributed by atoms with E-state index in [-0.39, 0.29) is 11.2 Å². The van der Waals surface area contributed by atoms with Gasteiger partial charge >= 0.3 is 0 Å². The van der Waals surface area contributed by atoms with Crippen LogP contribution in [0.15, 0.2) is 12.1 Å². The van der Waals surface area contributed by atoms with E-state index in [4.69, 9.17) is 5.73 Å². The predicted molar refractivity (Wildman–Crippen MR) is 85.9 cm³/mol. The summed E-state index contributed by atoms with van der Waals surface area (Å²) in [5.41, 5.74) is 6.33. The highest BCUT2D eigenvalue weighted by Gasteiger charge is 2.31. The molecule has 0 saturated carbocycles. The second-order valence-corrected chi connectivity index (χ2v) is 7.57. The molecule has 0 aromatic heterocycles. The predicted octanol–water partition coefficient (Wildman–Crippen LogP) is 3.01. The molecule has 0 radical (unpaired) electrons. The Morgan fingerprint density at radius 2 is 1.76 bits per heavy atom. The van der Waals surface area contributed by atoms with Crippen LogP contribution >= 0.6 is 45.2 Å². The van der Waals surface area contributed by atoms with Gasteiger partial charge in [-0.25, -0.2) is 0 Å². The van der Waals surface area contributed by atoms with Crippen LogP contribution in [0, 0.1) is 12.6 Å². The lowest BCUT2D eigenvalue weighted by Gasteiger charge is -2.31. The molecule has 0 bridgehead atoms. The molecule has 96 valence electrons. The molecule has 5 heteroatoms. The fourth-order valence-corrected chi connectivity index (χ4v) is 3.44. The van der Waals surface area contributed by atoms with Gasteiger partial charge in [-0.3, -0.25) is 0 Å². The zero-order valence-corrected chi connectivity index (χ0v) is 14.4. The highest BCUT2D eigenvalue weighted by Crippen LogP contribution is 2.35. The zero-order valence-electron chi connectivity index (χ0n) is 10.0. The lowest BCUT2D eigenvalue weighted by molar-refractivity contribution is 0.0394. The number of aliphatic hydroxyl groups excluding tert-OH is 1. The first-order valence-electron chi connectivity index (χ1n) is 5.26. The van der Waals surface area contributed by atoms with Gasteiger partial charge in [0.15, 0.2) is 0 Å². The van der Waals surface area contributed by atoms with E-state index in [1.165, 1.54) is 0 Å². The van der Waals surface area contributed by atoms with Crippen LogP contribution < -0.4 is 5.73 Å². The first-order valence-corrected chi connectivity index (χ1v) is 7.42. The fourth-order valence-electron chi connectivity index (χ4n) is 1.55. The summed E-state index contributed by atoms with van der Waals surface area (Å²) in [6.45, 7) is 5.77. The number of phenols is 1. The van der Waals surface area contributed by atoms with Gasteiger partial charge in [0.05, 0.1) is 15.7 Å².